The van der Waals surface area contributed by atoms with E-state index in [9.17, 15) is 8.78 Å². The number of nitrogens with one attached hydrogen (secondary N) is 2. The Labute approximate surface area is 427 Å². The van der Waals surface area contributed by atoms with Gasteiger partial charge in [-0.05, 0) is 85.6 Å². The molecule has 6 aromatic rings. The molecule has 2 N–H and O–H groups in total. The van der Waals surface area contributed by atoms with Gasteiger partial charge in [0.15, 0.2) is 11.6 Å². The van der Waals surface area contributed by atoms with Gasteiger partial charge in [0.25, 0.3) is 5.92 Å². The molecule has 21 heteroatoms. The van der Waals surface area contributed by atoms with Gasteiger partial charge in [0.1, 0.15) is 54.3 Å². The number of benzene rings is 4. The lowest BCUT2D eigenvalue weighted by Gasteiger charge is -2.31. The Morgan fingerprint density at radius 1 is 0.932 bits per heavy atom. The summed E-state index contributed by atoms with van der Waals surface area (Å²) in [5.41, 5.74) is -0.0246. The Hall–Kier alpha value is -7.45. The zero-order chi connectivity index (χ0) is 52.5. The molecule has 1 fully saturated rings. The summed E-state index contributed by atoms with van der Waals surface area (Å²) in [6.07, 6.45) is -1.19. The zero-order valence-electron chi connectivity index (χ0n) is 41.2. The van der Waals surface area contributed by atoms with Crippen LogP contribution < -0.4 is 45.1 Å². The third-order valence-corrected chi connectivity index (χ3v) is 13.5. The fraction of sp³-hybridized carbons (Fsp3) is 0.321. The number of hydrogen-bond donors (Lipinski definition) is 2. The van der Waals surface area contributed by atoms with Crippen molar-refractivity contribution in [2.45, 2.75) is 64.1 Å². The second kappa shape index (κ2) is 21.2. The van der Waals surface area contributed by atoms with Crippen molar-refractivity contribution in [3.05, 3.63) is 158 Å². The summed E-state index contributed by atoms with van der Waals surface area (Å²) in [7, 11) is 6.19. The Morgan fingerprint density at radius 3 is 2.11 bits per heavy atom. The maximum atomic E-state index is 18.2. The molecule has 3 aliphatic rings. The van der Waals surface area contributed by atoms with Crippen LogP contribution in [0.15, 0.2) is 109 Å². The van der Waals surface area contributed by atoms with Crippen molar-refractivity contribution < 1.29 is 50.0 Å². The summed E-state index contributed by atoms with van der Waals surface area (Å²) in [5.74, 6) is -2.66. The fourth-order valence-electron chi connectivity index (χ4n) is 9.28. The highest BCUT2D eigenvalue weighted by Gasteiger charge is 2.44. The fourth-order valence-corrected chi connectivity index (χ4v) is 9.61. The molecule has 3 aliphatic heterocycles. The molecule has 2 atom stereocenters. The lowest BCUT2D eigenvalue weighted by Crippen LogP contribution is -2.45. The lowest BCUT2D eigenvalue weighted by molar-refractivity contribution is -0.137. The van der Waals surface area contributed by atoms with Crippen LogP contribution >= 0.6 is 11.6 Å². The first-order chi connectivity index (χ1) is 35.4. The molecule has 1 saturated heterocycles. The van der Waals surface area contributed by atoms with Crippen LogP contribution in [0.1, 0.15) is 52.8 Å². The first-order valence-corrected chi connectivity index (χ1v) is 23.8. The SMILES string of the molecule is COc1ccc(CNc2ncncc2C(C)N2C=C(OC[C@@H]3CC(F)(F)CN3C)Oc3c(F)c(-c4nc(N(Cc5ccc(OC)cc5)Cc5ccc(OC)cc5)cc(C)c4C(F)(F)F)c(Cl)c4c3=C2NCN=4)cc1. The second-order valence-electron chi connectivity index (χ2n) is 18.1. The maximum absolute atomic E-state index is 18.2. The van der Waals surface area contributed by atoms with Crippen LogP contribution in [0.5, 0.6) is 23.0 Å². The summed E-state index contributed by atoms with van der Waals surface area (Å²) in [6, 6.07) is 21.6. The molecule has 0 aliphatic carbocycles. The van der Waals surface area contributed by atoms with Gasteiger partial charge >= 0.3 is 12.1 Å². The van der Waals surface area contributed by atoms with E-state index in [1.807, 2.05) is 55.5 Å². The van der Waals surface area contributed by atoms with Gasteiger partial charge in [-0.25, -0.2) is 28.1 Å². The van der Waals surface area contributed by atoms with E-state index in [1.165, 1.54) is 51.7 Å². The average Bonchev–Trinajstić information content (AvgIpc) is 3.55. The first-order valence-electron chi connectivity index (χ1n) is 23.4. The number of anilines is 2. The molecule has 5 heterocycles. The smallest absolute Gasteiger partial charge is 0.418 e. The summed E-state index contributed by atoms with van der Waals surface area (Å²) in [6.45, 7) is 2.77. The molecule has 0 bridgehead atoms. The zero-order valence-corrected chi connectivity index (χ0v) is 41.9. The second-order valence-corrected chi connectivity index (χ2v) is 18.4. The molecule has 0 spiro atoms. The van der Waals surface area contributed by atoms with Crippen molar-refractivity contribution in [2.75, 3.05) is 58.4 Å². The largest absolute Gasteiger partial charge is 0.497 e. The van der Waals surface area contributed by atoms with Crippen LogP contribution in [0.3, 0.4) is 0 Å². The third kappa shape index (κ3) is 10.8. The van der Waals surface area contributed by atoms with Crippen molar-refractivity contribution in [3.8, 4) is 34.3 Å². The molecule has 0 saturated carbocycles. The molecule has 74 heavy (non-hydrogen) atoms. The number of likely N-dealkylation sites (tertiary alicyclic amines) is 1. The van der Waals surface area contributed by atoms with E-state index in [4.69, 9.17) is 35.3 Å². The Balaban J connectivity index is 1.20. The van der Waals surface area contributed by atoms with Crippen molar-refractivity contribution >= 4 is 29.1 Å². The summed E-state index contributed by atoms with van der Waals surface area (Å²) in [5, 5.41) is 5.95. The number of alkyl halides is 5. The molecule has 2 aromatic heterocycles. The summed E-state index contributed by atoms with van der Waals surface area (Å²) >= 11 is 7.22. The minimum Gasteiger partial charge on any atom is -0.497 e. The molecule has 0 radical (unpaired) electrons. The van der Waals surface area contributed by atoms with E-state index in [2.05, 4.69) is 30.6 Å². The quantitative estimate of drug-likeness (QED) is 0.0843. The lowest BCUT2D eigenvalue weighted by atomic mass is 9.98. The van der Waals surface area contributed by atoms with E-state index >= 15 is 17.6 Å². The molecule has 4 aromatic carbocycles. The minimum atomic E-state index is -5.06. The van der Waals surface area contributed by atoms with Gasteiger partial charge < -0.3 is 44.1 Å². The predicted octanol–water partition coefficient (Wildman–Crippen LogP) is 9.36. The van der Waals surface area contributed by atoms with Crippen LogP contribution in [0, 0.1) is 12.7 Å². The average molecular weight is 1040 g/mol. The summed E-state index contributed by atoms with van der Waals surface area (Å²) in [4.78, 5) is 23.0. The number of methoxy groups -OCH3 is 3. The van der Waals surface area contributed by atoms with Crippen LogP contribution in [-0.2, 0) is 30.5 Å². The number of halogens is 7. The highest BCUT2D eigenvalue weighted by Crippen LogP contribution is 2.44. The molecular weight excluding hydrogens is 992 g/mol. The van der Waals surface area contributed by atoms with Crippen LogP contribution in [0.25, 0.3) is 17.1 Å². The minimum absolute atomic E-state index is 0.0413. The predicted molar refractivity (Wildman–Crippen MR) is 266 cm³/mol. The molecule has 9 rings (SSSR count). The number of aryl methyl sites for hydroxylation is 1. The molecule has 14 nitrogen and oxygen atoms in total. The van der Waals surface area contributed by atoms with Gasteiger partial charge in [-0.3, -0.25) is 9.89 Å². The Bertz CT molecular complexity index is 3140. The number of ether oxygens (including phenoxy) is 5. The van der Waals surface area contributed by atoms with Crippen molar-refractivity contribution in [2.24, 2.45) is 4.99 Å². The van der Waals surface area contributed by atoms with E-state index in [-0.39, 0.29) is 60.1 Å². The number of likely N-dealkylation sites (N-methyl/N-ethyl adjacent to an activating group) is 1. The third-order valence-electron chi connectivity index (χ3n) is 13.1. The Morgan fingerprint density at radius 2 is 1.54 bits per heavy atom. The van der Waals surface area contributed by atoms with E-state index in [0.29, 0.717) is 35.2 Å². The van der Waals surface area contributed by atoms with Gasteiger partial charge in [-0.1, -0.05) is 48.0 Å². The van der Waals surface area contributed by atoms with Gasteiger partial charge in [-0.15, -0.1) is 0 Å². The van der Waals surface area contributed by atoms with E-state index in [0.717, 1.165) is 16.7 Å². The highest BCUT2D eigenvalue weighted by molar-refractivity contribution is 6.33. The van der Waals surface area contributed by atoms with Gasteiger partial charge in [0, 0.05) is 43.9 Å². The molecular formula is C53H52ClF6N9O5. The number of rotatable bonds is 17. The van der Waals surface area contributed by atoms with E-state index < -0.39 is 70.6 Å². The standard InChI is InChI=1S/C53H52ClF6N9O5/c1-30-19-40(68(23-33-9-15-37(71-5)16-10-33)24-34-11-17-38(72-6)18-12-34)66-47(44(30)53(58,59)60)42-45(54)48-43-49(46(42)55)74-41(73-26-35-20-52(56,57)27-67(35)3)25-69(51(43)65-29-63-48)31(2)39-22-61-28-64-50(39)62-21-32-7-13-36(70-4)14-8-32/h7-19,22,25,28,31,35,65H,20-21,23-24,26-27,29H2,1-6H3,(H,61,62,64)/t31?,35-/m0/s1. The summed E-state index contributed by atoms with van der Waals surface area (Å²) < 4.78 is 123. The Kier molecular flexibility index (Phi) is 14.7. The van der Waals surface area contributed by atoms with E-state index in [1.54, 1.807) is 47.4 Å². The van der Waals surface area contributed by atoms with Crippen molar-refractivity contribution in [1.82, 2.24) is 30.1 Å². The van der Waals surface area contributed by atoms with Crippen molar-refractivity contribution in [3.63, 3.8) is 0 Å². The molecule has 0 amide bonds. The monoisotopic (exact) mass is 1040 g/mol. The maximum Gasteiger partial charge on any atom is 0.418 e. The van der Waals surface area contributed by atoms with Crippen LogP contribution in [0.2, 0.25) is 5.02 Å². The topological polar surface area (TPSA) is 131 Å². The van der Waals surface area contributed by atoms with Gasteiger partial charge in [0.05, 0.1) is 72.5 Å². The number of pyridine rings is 1. The first kappa shape index (κ1) is 51.5. The normalized spacial score (nSPS) is 16.4. The highest BCUT2D eigenvalue weighted by atomic mass is 35.5. The van der Waals surface area contributed by atoms with Crippen molar-refractivity contribution in [1.29, 1.82) is 0 Å². The van der Waals surface area contributed by atoms with Gasteiger partial charge in [0.2, 0.25) is 0 Å². The van der Waals surface area contributed by atoms with Crippen LogP contribution in [-0.4, -0.2) is 84.9 Å². The number of nitrogens with zero attached hydrogens (tertiary/aromatic N) is 7. The number of aromatic nitrogens is 3. The van der Waals surface area contributed by atoms with Gasteiger partial charge in [-0.2, -0.15) is 13.2 Å². The molecule has 388 valence electrons. The van der Waals surface area contributed by atoms with Crippen LogP contribution in [0.4, 0.5) is 38.0 Å². The number of hydrogen-bond acceptors (Lipinski definition) is 14. The molecule has 1 unspecified atom stereocenters.